The Labute approximate surface area is 128 Å². The molecule has 0 bridgehead atoms. The van der Waals surface area contributed by atoms with E-state index in [9.17, 15) is 12.8 Å². The molecule has 2 rings (SSSR count). The highest BCUT2D eigenvalue weighted by Crippen LogP contribution is 2.27. The molecule has 0 saturated heterocycles. The molecule has 0 aromatic heterocycles. The summed E-state index contributed by atoms with van der Waals surface area (Å²) in [6, 6.07) is 7.93. The quantitative estimate of drug-likeness (QED) is 0.800. The minimum Gasteiger partial charge on any atom is -0.396 e. The minimum atomic E-state index is -3.87. The van der Waals surface area contributed by atoms with Crippen molar-refractivity contribution in [2.24, 2.45) is 0 Å². The highest BCUT2D eigenvalue weighted by Gasteiger charge is 2.18. The number of rotatable bonds is 3. The first-order valence-electron chi connectivity index (χ1n) is 5.32. The topological polar surface area (TPSA) is 72.2 Å². The maximum absolute atomic E-state index is 13.0. The third kappa shape index (κ3) is 3.23. The third-order valence-corrected chi connectivity index (χ3v) is 4.79. The fourth-order valence-corrected chi connectivity index (χ4v) is 3.60. The molecule has 0 fully saturated rings. The Morgan fingerprint density at radius 3 is 2.50 bits per heavy atom. The van der Waals surface area contributed by atoms with Crippen LogP contribution in [-0.4, -0.2) is 8.42 Å². The second-order valence-corrected chi connectivity index (χ2v) is 6.89. The minimum absolute atomic E-state index is 0.0713. The summed E-state index contributed by atoms with van der Waals surface area (Å²) in [6.07, 6.45) is 0. The molecule has 0 atom stereocenters. The zero-order chi connectivity index (χ0) is 14.9. The molecule has 0 aliphatic carbocycles. The van der Waals surface area contributed by atoms with Crippen LogP contribution in [0.25, 0.3) is 0 Å². The standard InChI is InChI=1S/C12H9BrClFN2O2S/c13-7-1-4-12(9(14)5-7)20(18,19)17-8-2-3-10(15)11(16)6-8/h1-6,17H,16H2. The maximum Gasteiger partial charge on any atom is 0.263 e. The van der Waals surface area contributed by atoms with Gasteiger partial charge in [0.15, 0.2) is 0 Å². The molecule has 0 aliphatic heterocycles. The van der Waals surface area contributed by atoms with Crippen molar-refractivity contribution in [1.82, 2.24) is 0 Å². The molecule has 0 heterocycles. The molecule has 0 spiro atoms. The fraction of sp³-hybridized carbons (Fsp3) is 0. The summed E-state index contributed by atoms with van der Waals surface area (Å²) in [7, 11) is -3.87. The number of halogens is 3. The van der Waals surface area contributed by atoms with Crippen molar-refractivity contribution in [3.8, 4) is 0 Å². The van der Waals surface area contributed by atoms with Gasteiger partial charge in [0, 0.05) is 4.47 Å². The van der Waals surface area contributed by atoms with Crippen molar-refractivity contribution in [1.29, 1.82) is 0 Å². The number of nitrogen functional groups attached to an aromatic ring is 1. The molecule has 3 N–H and O–H groups in total. The van der Waals surface area contributed by atoms with E-state index in [0.29, 0.717) is 4.47 Å². The molecule has 0 unspecified atom stereocenters. The van der Waals surface area contributed by atoms with Crippen LogP contribution in [-0.2, 0) is 10.0 Å². The smallest absolute Gasteiger partial charge is 0.263 e. The molecule has 0 amide bonds. The average molecular weight is 380 g/mol. The first kappa shape index (κ1) is 15.1. The fourth-order valence-electron chi connectivity index (χ4n) is 1.51. The van der Waals surface area contributed by atoms with E-state index in [-0.39, 0.29) is 21.3 Å². The van der Waals surface area contributed by atoms with Crippen LogP contribution in [0.5, 0.6) is 0 Å². The van der Waals surface area contributed by atoms with E-state index in [0.717, 1.165) is 6.07 Å². The summed E-state index contributed by atoms with van der Waals surface area (Å²) < 4.78 is 40.4. The van der Waals surface area contributed by atoms with Gasteiger partial charge in [-0.25, -0.2) is 12.8 Å². The van der Waals surface area contributed by atoms with Crippen LogP contribution >= 0.6 is 27.5 Å². The predicted octanol–water partition coefficient (Wildman–Crippen LogP) is 3.62. The van der Waals surface area contributed by atoms with Crippen molar-refractivity contribution in [3.05, 3.63) is 51.7 Å². The lowest BCUT2D eigenvalue weighted by molar-refractivity contribution is 0.601. The van der Waals surface area contributed by atoms with Gasteiger partial charge in [-0.3, -0.25) is 4.72 Å². The number of hydrogen-bond donors (Lipinski definition) is 2. The zero-order valence-corrected chi connectivity index (χ0v) is 13.1. The summed E-state index contributed by atoms with van der Waals surface area (Å²) in [5.74, 6) is -0.616. The van der Waals surface area contributed by atoms with Gasteiger partial charge in [0.25, 0.3) is 10.0 Å². The van der Waals surface area contributed by atoms with E-state index in [1.54, 1.807) is 6.07 Å². The van der Waals surface area contributed by atoms with Crippen molar-refractivity contribution < 1.29 is 12.8 Å². The largest absolute Gasteiger partial charge is 0.396 e. The van der Waals surface area contributed by atoms with Crippen molar-refractivity contribution >= 4 is 48.9 Å². The normalized spacial score (nSPS) is 11.3. The van der Waals surface area contributed by atoms with Crippen LogP contribution in [0.4, 0.5) is 15.8 Å². The van der Waals surface area contributed by atoms with Crippen molar-refractivity contribution in [2.45, 2.75) is 4.90 Å². The lowest BCUT2D eigenvalue weighted by Gasteiger charge is -2.10. The van der Waals surface area contributed by atoms with Crippen LogP contribution in [0, 0.1) is 5.82 Å². The van der Waals surface area contributed by atoms with Gasteiger partial charge < -0.3 is 5.73 Å². The molecule has 0 aliphatic rings. The highest BCUT2D eigenvalue weighted by molar-refractivity contribution is 9.10. The average Bonchev–Trinajstić information content (AvgIpc) is 2.33. The van der Waals surface area contributed by atoms with Crippen molar-refractivity contribution in [3.63, 3.8) is 0 Å². The Kier molecular flexibility index (Phi) is 4.22. The van der Waals surface area contributed by atoms with Crippen LogP contribution in [0.1, 0.15) is 0 Å². The number of nitrogens with two attached hydrogens (primary N) is 1. The number of hydrogen-bond acceptors (Lipinski definition) is 3. The molecule has 8 heteroatoms. The van der Waals surface area contributed by atoms with Gasteiger partial charge in [-0.1, -0.05) is 27.5 Å². The predicted molar refractivity (Wildman–Crippen MR) is 80.8 cm³/mol. The lowest BCUT2D eigenvalue weighted by Crippen LogP contribution is -2.13. The second-order valence-electron chi connectivity index (χ2n) is 3.92. The van der Waals surface area contributed by atoms with Crippen LogP contribution in [0.3, 0.4) is 0 Å². The molecule has 2 aromatic rings. The Morgan fingerprint density at radius 1 is 1.20 bits per heavy atom. The van der Waals surface area contributed by atoms with Gasteiger partial charge in [-0.15, -0.1) is 0 Å². The van der Waals surface area contributed by atoms with Crippen molar-refractivity contribution in [2.75, 3.05) is 10.5 Å². The first-order valence-corrected chi connectivity index (χ1v) is 7.98. The van der Waals surface area contributed by atoms with E-state index >= 15 is 0 Å². The van der Waals surface area contributed by atoms with Crippen LogP contribution in [0.2, 0.25) is 5.02 Å². The monoisotopic (exact) mass is 378 g/mol. The molecule has 0 radical (unpaired) electrons. The maximum atomic E-state index is 13.0. The van der Waals surface area contributed by atoms with E-state index < -0.39 is 15.8 Å². The summed E-state index contributed by atoms with van der Waals surface area (Å²) in [6.45, 7) is 0. The number of anilines is 2. The molecule has 2 aromatic carbocycles. The number of nitrogens with one attached hydrogen (secondary N) is 1. The van der Waals surface area contributed by atoms with Gasteiger partial charge in [-0.2, -0.15) is 0 Å². The lowest BCUT2D eigenvalue weighted by atomic mass is 10.3. The van der Waals surface area contributed by atoms with Gasteiger partial charge in [0.05, 0.1) is 16.4 Å². The second kappa shape index (κ2) is 5.59. The Hall–Kier alpha value is -1.31. The molecule has 106 valence electrons. The Morgan fingerprint density at radius 2 is 1.90 bits per heavy atom. The van der Waals surface area contributed by atoms with Gasteiger partial charge in [0.2, 0.25) is 0 Å². The van der Waals surface area contributed by atoms with E-state index in [1.165, 1.54) is 24.3 Å². The summed E-state index contributed by atoms with van der Waals surface area (Å²) in [5, 5.41) is 0.0713. The summed E-state index contributed by atoms with van der Waals surface area (Å²) in [4.78, 5) is -0.0785. The highest BCUT2D eigenvalue weighted by atomic mass is 79.9. The van der Waals surface area contributed by atoms with Gasteiger partial charge in [0.1, 0.15) is 10.7 Å². The molecule has 4 nitrogen and oxygen atoms in total. The van der Waals surface area contributed by atoms with Crippen LogP contribution in [0.15, 0.2) is 45.8 Å². The summed E-state index contributed by atoms with van der Waals surface area (Å²) in [5.41, 5.74) is 5.40. The Balaban J connectivity index is 2.38. The number of sulfonamides is 1. The number of benzene rings is 2. The molecule has 20 heavy (non-hydrogen) atoms. The van der Waals surface area contributed by atoms with Gasteiger partial charge >= 0.3 is 0 Å². The third-order valence-electron chi connectivity index (χ3n) is 2.43. The molecule has 0 saturated carbocycles. The van der Waals surface area contributed by atoms with Gasteiger partial charge in [-0.05, 0) is 36.4 Å². The summed E-state index contributed by atoms with van der Waals surface area (Å²) >= 11 is 9.09. The molecular weight excluding hydrogens is 371 g/mol. The van der Waals surface area contributed by atoms with E-state index in [2.05, 4.69) is 20.7 Å². The van der Waals surface area contributed by atoms with E-state index in [4.69, 9.17) is 17.3 Å². The van der Waals surface area contributed by atoms with E-state index in [1.807, 2.05) is 0 Å². The first-order chi connectivity index (χ1) is 9.29. The molecular formula is C12H9BrClFN2O2S. The SMILES string of the molecule is Nc1cc(NS(=O)(=O)c2ccc(Br)cc2Cl)ccc1F. The Bertz CT molecular complexity index is 768. The zero-order valence-electron chi connectivity index (χ0n) is 9.90. The van der Waals surface area contributed by atoms with Crippen LogP contribution < -0.4 is 10.5 Å².